The van der Waals surface area contributed by atoms with E-state index in [2.05, 4.69) is 0 Å². The van der Waals surface area contributed by atoms with Gasteiger partial charge in [0, 0.05) is 11.5 Å². The number of rotatable bonds is 7. The smallest absolute Gasteiger partial charge is 0.342 e. The number of carbonyl (C=O) groups is 2. The molecule has 184 valence electrons. The number of hydrogen-bond donors (Lipinski definition) is 0. The maximum atomic E-state index is 13.8. The molecular formula is C28H25NO6S. The van der Waals surface area contributed by atoms with Crippen LogP contribution >= 0.6 is 0 Å². The van der Waals surface area contributed by atoms with Crippen molar-refractivity contribution in [3.05, 3.63) is 101 Å². The Kier molecular flexibility index (Phi) is 7.07. The van der Waals surface area contributed by atoms with Gasteiger partial charge in [-0.05, 0) is 60.9 Å². The van der Waals surface area contributed by atoms with Crippen molar-refractivity contribution in [3.63, 3.8) is 0 Å². The van der Waals surface area contributed by atoms with Crippen LogP contribution in [0.5, 0.6) is 0 Å². The first-order valence-corrected chi connectivity index (χ1v) is 12.7. The highest BCUT2D eigenvalue weighted by Gasteiger charge is 2.31. The number of amides is 1. The molecule has 7 nitrogen and oxygen atoms in total. The second-order valence-electron chi connectivity index (χ2n) is 8.05. The van der Waals surface area contributed by atoms with Crippen molar-refractivity contribution < 1.29 is 27.2 Å². The van der Waals surface area contributed by atoms with Crippen LogP contribution in [0.25, 0.3) is 17.0 Å². The molecule has 0 fully saturated rings. The van der Waals surface area contributed by atoms with E-state index in [9.17, 15) is 18.0 Å². The van der Waals surface area contributed by atoms with Crippen molar-refractivity contribution in [2.24, 2.45) is 0 Å². The Morgan fingerprint density at radius 3 is 2.33 bits per heavy atom. The van der Waals surface area contributed by atoms with E-state index in [1.807, 2.05) is 25.1 Å². The molecule has 0 aliphatic carbocycles. The molecule has 0 N–H and O–H groups in total. The van der Waals surface area contributed by atoms with Crippen molar-refractivity contribution in [1.82, 2.24) is 0 Å². The molecule has 1 aromatic heterocycles. The molecule has 0 aliphatic heterocycles. The van der Waals surface area contributed by atoms with Crippen LogP contribution in [-0.2, 0) is 26.0 Å². The lowest BCUT2D eigenvalue weighted by atomic mass is 10.1. The molecule has 0 spiro atoms. The van der Waals surface area contributed by atoms with Gasteiger partial charge in [-0.25, -0.2) is 13.2 Å². The molecular weight excluding hydrogens is 478 g/mol. The van der Waals surface area contributed by atoms with Crippen LogP contribution in [0, 0.1) is 6.92 Å². The summed E-state index contributed by atoms with van der Waals surface area (Å²) >= 11 is 0. The van der Waals surface area contributed by atoms with Gasteiger partial charge in [0.05, 0.1) is 17.7 Å². The monoisotopic (exact) mass is 503 g/mol. The van der Waals surface area contributed by atoms with E-state index in [1.54, 1.807) is 37.3 Å². The number of sulfonamides is 1. The maximum Gasteiger partial charge on any atom is 0.342 e. The minimum Gasteiger partial charge on any atom is -0.465 e. The second-order valence-corrected chi connectivity index (χ2v) is 9.84. The minimum absolute atomic E-state index is 0.0298. The first-order chi connectivity index (χ1) is 17.3. The Bertz CT molecular complexity index is 1550. The maximum absolute atomic E-state index is 13.8. The molecule has 1 heterocycles. The van der Waals surface area contributed by atoms with Crippen LogP contribution in [0.2, 0.25) is 0 Å². The van der Waals surface area contributed by atoms with E-state index in [1.165, 1.54) is 43.5 Å². The van der Waals surface area contributed by atoms with E-state index in [4.69, 9.17) is 9.15 Å². The standard InChI is InChI=1S/C28H25NO6S/c1-4-20-10-14-23(15-11-20)36(32,33)29(26(30)17-12-21-8-6-5-7-9-21)22-13-16-25-24(18-22)27(19(2)35-25)28(31)34-3/h5-18H,4H2,1-3H3. The van der Waals surface area contributed by atoms with E-state index >= 15 is 0 Å². The zero-order valence-electron chi connectivity index (χ0n) is 20.1. The number of fused-ring (bicyclic) bond motifs is 1. The SMILES string of the molecule is CCc1ccc(S(=O)(=O)N(C(=O)C=Cc2ccccc2)c2ccc3oc(C)c(C(=O)OC)c3c2)cc1. The second kappa shape index (κ2) is 10.2. The van der Waals surface area contributed by atoms with Gasteiger partial charge in [0.2, 0.25) is 0 Å². The molecule has 4 aromatic rings. The number of nitrogens with zero attached hydrogens (tertiary/aromatic N) is 1. The largest absolute Gasteiger partial charge is 0.465 e. The van der Waals surface area contributed by atoms with Gasteiger partial charge in [0.15, 0.2) is 0 Å². The summed E-state index contributed by atoms with van der Waals surface area (Å²) in [5.41, 5.74) is 2.31. The fraction of sp³-hybridized carbons (Fsp3) is 0.143. The number of carbonyl (C=O) groups excluding carboxylic acids is 2. The van der Waals surface area contributed by atoms with Crippen molar-refractivity contribution in [1.29, 1.82) is 0 Å². The summed E-state index contributed by atoms with van der Waals surface area (Å²) in [7, 11) is -3.05. The van der Waals surface area contributed by atoms with Gasteiger partial charge in [-0.2, -0.15) is 4.31 Å². The van der Waals surface area contributed by atoms with Gasteiger partial charge in [-0.15, -0.1) is 0 Å². The molecule has 0 radical (unpaired) electrons. The van der Waals surface area contributed by atoms with Gasteiger partial charge < -0.3 is 9.15 Å². The van der Waals surface area contributed by atoms with Crippen molar-refractivity contribution in [3.8, 4) is 0 Å². The molecule has 0 aliphatic rings. The van der Waals surface area contributed by atoms with Crippen LogP contribution in [0.4, 0.5) is 5.69 Å². The van der Waals surface area contributed by atoms with Crippen molar-refractivity contribution in [2.45, 2.75) is 25.2 Å². The minimum atomic E-state index is -4.30. The number of aryl methyl sites for hydroxylation is 2. The summed E-state index contributed by atoms with van der Waals surface area (Å²) in [4.78, 5) is 25.8. The molecule has 1 amide bonds. The van der Waals surface area contributed by atoms with Gasteiger partial charge in [0.25, 0.3) is 15.9 Å². The van der Waals surface area contributed by atoms with Crippen LogP contribution < -0.4 is 4.31 Å². The van der Waals surface area contributed by atoms with Crippen LogP contribution in [0.1, 0.15) is 34.2 Å². The van der Waals surface area contributed by atoms with E-state index in [0.29, 0.717) is 16.7 Å². The molecule has 0 saturated carbocycles. The summed E-state index contributed by atoms with van der Waals surface area (Å²) in [6.07, 6.45) is 3.50. The van der Waals surface area contributed by atoms with Crippen LogP contribution in [0.3, 0.4) is 0 Å². The molecule has 36 heavy (non-hydrogen) atoms. The predicted octanol–water partition coefficient (Wildman–Crippen LogP) is 5.53. The molecule has 8 heteroatoms. The molecule has 0 saturated heterocycles. The third kappa shape index (κ3) is 4.81. The summed E-state index contributed by atoms with van der Waals surface area (Å²) in [5.74, 6) is -1.06. The van der Waals surface area contributed by atoms with Crippen LogP contribution in [0.15, 0.2) is 88.2 Å². The zero-order valence-corrected chi connectivity index (χ0v) is 20.9. The first-order valence-electron chi connectivity index (χ1n) is 11.3. The molecule has 0 atom stereocenters. The molecule has 4 rings (SSSR count). The molecule has 0 unspecified atom stereocenters. The zero-order chi connectivity index (χ0) is 25.9. The third-order valence-electron chi connectivity index (χ3n) is 5.76. The van der Waals surface area contributed by atoms with Crippen LogP contribution in [-0.4, -0.2) is 27.4 Å². The number of furan rings is 1. The van der Waals surface area contributed by atoms with Crippen molar-refractivity contribution >= 4 is 44.6 Å². The summed E-state index contributed by atoms with van der Waals surface area (Å²) in [5, 5.41) is 0.346. The van der Waals surface area contributed by atoms with E-state index < -0.39 is 21.9 Å². The van der Waals surface area contributed by atoms with Gasteiger partial charge in [-0.1, -0.05) is 49.4 Å². The van der Waals surface area contributed by atoms with Gasteiger partial charge >= 0.3 is 5.97 Å². The summed E-state index contributed by atoms with van der Waals surface area (Å²) < 4.78 is 38.8. The number of anilines is 1. The quantitative estimate of drug-likeness (QED) is 0.243. The first kappa shape index (κ1) is 24.9. The lowest BCUT2D eigenvalue weighted by molar-refractivity contribution is -0.113. The number of esters is 1. The van der Waals surface area contributed by atoms with E-state index in [0.717, 1.165) is 21.9 Å². The Morgan fingerprint density at radius 1 is 1.00 bits per heavy atom. The normalized spacial score (nSPS) is 11.6. The molecule has 0 bridgehead atoms. The fourth-order valence-corrected chi connectivity index (χ4v) is 5.26. The Hall–Kier alpha value is -4.17. The third-order valence-corrected chi connectivity index (χ3v) is 7.50. The molecule has 3 aromatic carbocycles. The average Bonchev–Trinajstić information content (AvgIpc) is 3.22. The average molecular weight is 504 g/mol. The Balaban J connectivity index is 1.87. The topological polar surface area (TPSA) is 93.9 Å². The fourth-order valence-electron chi connectivity index (χ4n) is 3.88. The van der Waals surface area contributed by atoms with Gasteiger partial charge in [-0.3, -0.25) is 4.79 Å². The summed E-state index contributed by atoms with van der Waals surface area (Å²) in [6, 6.07) is 19.9. The highest BCUT2D eigenvalue weighted by Crippen LogP contribution is 2.33. The Morgan fingerprint density at radius 2 is 1.69 bits per heavy atom. The van der Waals surface area contributed by atoms with Crippen molar-refractivity contribution in [2.75, 3.05) is 11.4 Å². The number of ether oxygens (including phenoxy) is 1. The lowest BCUT2D eigenvalue weighted by Crippen LogP contribution is -2.35. The lowest BCUT2D eigenvalue weighted by Gasteiger charge is -2.21. The number of benzene rings is 3. The predicted molar refractivity (Wildman–Crippen MR) is 138 cm³/mol. The van der Waals surface area contributed by atoms with Gasteiger partial charge in [0.1, 0.15) is 16.9 Å². The number of methoxy groups -OCH3 is 1. The number of hydrogen-bond acceptors (Lipinski definition) is 6. The highest BCUT2D eigenvalue weighted by molar-refractivity contribution is 7.93. The Labute approximate surface area is 209 Å². The highest BCUT2D eigenvalue weighted by atomic mass is 32.2. The van der Waals surface area contributed by atoms with E-state index in [-0.39, 0.29) is 16.1 Å². The summed E-state index contributed by atoms with van der Waals surface area (Å²) in [6.45, 7) is 3.58.